The van der Waals surface area contributed by atoms with Gasteiger partial charge in [-0.25, -0.2) is 4.79 Å². The predicted molar refractivity (Wildman–Crippen MR) is 52.3 cm³/mol. The van der Waals surface area contributed by atoms with E-state index in [4.69, 9.17) is 4.74 Å². The molecule has 4 nitrogen and oxygen atoms in total. The van der Waals surface area contributed by atoms with Crippen LogP contribution in [-0.2, 0) is 9.63 Å². The van der Waals surface area contributed by atoms with Crippen LogP contribution in [-0.4, -0.2) is 19.3 Å². The SMILES string of the molecule is CON=CC(=O)Oc1ccccc1C. The Bertz CT molecular complexity index is 347. The highest BCUT2D eigenvalue weighted by atomic mass is 16.6. The fourth-order valence-electron chi connectivity index (χ4n) is 0.901. The summed E-state index contributed by atoms with van der Waals surface area (Å²) in [7, 11) is 1.36. The molecule has 0 atom stereocenters. The van der Waals surface area contributed by atoms with Gasteiger partial charge in [-0.05, 0) is 18.6 Å². The van der Waals surface area contributed by atoms with Crippen LogP contribution in [0, 0.1) is 6.92 Å². The van der Waals surface area contributed by atoms with Gasteiger partial charge in [0.1, 0.15) is 12.9 Å². The zero-order valence-corrected chi connectivity index (χ0v) is 8.06. The lowest BCUT2D eigenvalue weighted by molar-refractivity contribution is -0.126. The number of hydrogen-bond donors (Lipinski definition) is 0. The summed E-state index contributed by atoms with van der Waals surface area (Å²) in [5.41, 5.74) is 0.895. The molecule has 0 saturated carbocycles. The molecule has 4 heteroatoms. The van der Waals surface area contributed by atoms with E-state index in [1.807, 2.05) is 19.1 Å². The molecule has 0 fully saturated rings. The largest absolute Gasteiger partial charge is 0.422 e. The lowest BCUT2D eigenvalue weighted by Crippen LogP contribution is -2.09. The lowest BCUT2D eigenvalue weighted by atomic mass is 10.2. The highest BCUT2D eigenvalue weighted by Crippen LogP contribution is 2.15. The molecule has 1 rings (SSSR count). The average Bonchev–Trinajstić information content (AvgIpc) is 2.18. The molecule has 0 heterocycles. The first kappa shape index (κ1) is 10.2. The minimum atomic E-state index is -0.554. The Kier molecular flexibility index (Phi) is 3.67. The predicted octanol–water partition coefficient (Wildman–Crippen LogP) is 1.53. The second-order valence-corrected chi connectivity index (χ2v) is 2.60. The summed E-state index contributed by atoms with van der Waals surface area (Å²) < 4.78 is 4.98. The van der Waals surface area contributed by atoms with Crippen LogP contribution in [0.15, 0.2) is 29.4 Å². The minimum absolute atomic E-state index is 0.528. The van der Waals surface area contributed by atoms with Crippen LogP contribution in [0.5, 0.6) is 5.75 Å². The maximum atomic E-state index is 11.1. The van der Waals surface area contributed by atoms with Crippen molar-refractivity contribution in [3.05, 3.63) is 29.8 Å². The van der Waals surface area contributed by atoms with Crippen LogP contribution in [0.3, 0.4) is 0 Å². The summed E-state index contributed by atoms with van der Waals surface area (Å²) in [4.78, 5) is 15.4. The molecule has 0 spiro atoms. The van der Waals surface area contributed by atoms with Gasteiger partial charge < -0.3 is 9.57 Å². The van der Waals surface area contributed by atoms with Gasteiger partial charge >= 0.3 is 5.97 Å². The summed E-state index contributed by atoms with van der Waals surface area (Å²) in [6.45, 7) is 1.86. The standard InChI is InChI=1S/C10H11NO3/c1-8-5-3-4-6-9(8)14-10(12)7-11-13-2/h3-7H,1-2H3. The molecular formula is C10H11NO3. The number of carbonyl (C=O) groups excluding carboxylic acids is 1. The summed E-state index contributed by atoms with van der Waals surface area (Å²) in [6.07, 6.45) is 0.979. The monoisotopic (exact) mass is 193 g/mol. The van der Waals surface area contributed by atoms with Gasteiger partial charge in [-0.3, -0.25) is 0 Å². The number of hydrogen-bond acceptors (Lipinski definition) is 4. The van der Waals surface area contributed by atoms with Gasteiger partial charge in [-0.1, -0.05) is 23.4 Å². The van der Waals surface area contributed by atoms with Crippen molar-refractivity contribution in [2.45, 2.75) is 6.92 Å². The van der Waals surface area contributed by atoms with Crippen LogP contribution >= 0.6 is 0 Å². The van der Waals surface area contributed by atoms with E-state index in [1.165, 1.54) is 7.11 Å². The molecule has 1 aromatic carbocycles. The number of rotatable bonds is 3. The van der Waals surface area contributed by atoms with Gasteiger partial charge in [0.05, 0.1) is 0 Å². The molecule has 0 radical (unpaired) electrons. The molecule has 0 bridgehead atoms. The summed E-state index contributed by atoms with van der Waals surface area (Å²) >= 11 is 0. The van der Waals surface area contributed by atoms with Crippen LogP contribution in [0.1, 0.15) is 5.56 Å². The van der Waals surface area contributed by atoms with E-state index < -0.39 is 5.97 Å². The van der Waals surface area contributed by atoms with Gasteiger partial charge in [0.25, 0.3) is 0 Å². The quantitative estimate of drug-likeness (QED) is 0.316. The molecule has 1 aromatic rings. The highest BCUT2D eigenvalue weighted by molar-refractivity contribution is 6.23. The van der Waals surface area contributed by atoms with Crippen LogP contribution in [0.2, 0.25) is 0 Å². The third-order valence-corrected chi connectivity index (χ3v) is 1.57. The first-order chi connectivity index (χ1) is 6.74. The van der Waals surface area contributed by atoms with E-state index in [1.54, 1.807) is 12.1 Å². The summed E-state index contributed by atoms with van der Waals surface area (Å²) in [6, 6.07) is 7.24. The van der Waals surface area contributed by atoms with E-state index in [9.17, 15) is 4.79 Å². The van der Waals surface area contributed by atoms with E-state index in [0.29, 0.717) is 5.75 Å². The van der Waals surface area contributed by atoms with E-state index in [-0.39, 0.29) is 0 Å². The molecule has 0 N–H and O–H groups in total. The third kappa shape index (κ3) is 2.90. The molecule has 0 saturated heterocycles. The number of nitrogens with zero attached hydrogens (tertiary/aromatic N) is 1. The van der Waals surface area contributed by atoms with Crippen molar-refractivity contribution < 1.29 is 14.4 Å². The van der Waals surface area contributed by atoms with Crippen LogP contribution in [0.4, 0.5) is 0 Å². The molecule has 0 unspecified atom stereocenters. The fourth-order valence-corrected chi connectivity index (χ4v) is 0.901. The van der Waals surface area contributed by atoms with Crippen molar-refractivity contribution in [3.8, 4) is 5.75 Å². The molecule has 74 valence electrons. The third-order valence-electron chi connectivity index (χ3n) is 1.57. The zero-order chi connectivity index (χ0) is 10.4. The van der Waals surface area contributed by atoms with Crippen LogP contribution in [0.25, 0.3) is 0 Å². The molecule has 0 aliphatic carbocycles. The Labute approximate surface area is 82.1 Å². The molecule has 14 heavy (non-hydrogen) atoms. The Balaban J connectivity index is 2.65. The second kappa shape index (κ2) is 5.01. The van der Waals surface area contributed by atoms with Crippen molar-refractivity contribution >= 4 is 12.2 Å². The number of carbonyl (C=O) groups is 1. The van der Waals surface area contributed by atoms with Gasteiger partial charge in [-0.15, -0.1) is 0 Å². The second-order valence-electron chi connectivity index (χ2n) is 2.60. The van der Waals surface area contributed by atoms with E-state index in [0.717, 1.165) is 11.8 Å². The smallest absolute Gasteiger partial charge is 0.358 e. The molecular weight excluding hydrogens is 182 g/mol. The van der Waals surface area contributed by atoms with E-state index in [2.05, 4.69) is 9.99 Å². The van der Waals surface area contributed by atoms with Gasteiger partial charge in [0.2, 0.25) is 0 Å². The van der Waals surface area contributed by atoms with Crippen molar-refractivity contribution in [2.75, 3.05) is 7.11 Å². The summed E-state index contributed by atoms with van der Waals surface area (Å²) in [5.74, 6) is -0.0267. The fraction of sp³-hybridized carbons (Fsp3) is 0.200. The Morgan fingerprint density at radius 3 is 2.79 bits per heavy atom. The number of oxime groups is 1. The first-order valence-electron chi connectivity index (χ1n) is 4.08. The number of benzene rings is 1. The van der Waals surface area contributed by atoms with Crippen molar-refractivity contribution in [1.82, 2.24) is 0 Å². The number of aryl methyl sites for hydroxylation is 1. The maximum Gasteiger partial charge on any atom is 0.358 e. The Morgan fingerprint density at radius 2 is 2.14 bits per heavy atom. The van der Waals surface area contributed by atoms with Crippen molar-refractivity contribution in [3.63, 3.8) is 0 Å². The number of para-hydroxylation sites is 1. The molecule has 0 aliphatic heterocycles. The topological polar surface area (TPSA) is 47.9 Å². The zero-order valence-electron chi connectivity index (χ0n) is 8.06. The highest BCUT2D eigenvalue weighted by Gasteiger charge is 2.03. The van der Waals surface area contributed by atoms with E-state index >= 15 is 0 Å². The Morgan fingerprint density at radius 1 is 1.43 bits per heavy atom. The normalized spacial score (nSPS) is 10.1. The average molecular weight is 193 g/mol. The first-order valence-corrected chi connectivity index (χ1v) is 4.08. The molecule has 0 aromatic heterocycles. The van der Waals surface area contributed by atoms with Crippen molar-refractivity contribution in [1.29, 1.82) is 0 Å². The minimum Gasteiger partial charge on any atom is -0.422 e. The van der Waals surface area contributed by atoms with Gasteiger partial charge in [0.15, 0.2) is 6.21 Å². The molecule has 0 aliphatic rings. The van der Waals surface area contributed by atoms with Crippen LogP contribution < -0.4 is 4.74 Å². The van der Waals surface area contributed by atoms with Gasteiger partial charge in [0, 0.05) is 0 Å². The van der Waals surface area contributed by atoms with Gasteiger partial charge in [-0.2, -0.15) is 0 Å². The summed E-state index contributed by atoms with van der Waals surface area (Å²) in [5, 5.41) is 3.30. The number of esters is 1. The lowest BCUT2D eigenvalue weighted by Gasteiger charge is -2.03. The Hall–Kier alpha value is -1.84. The number of ether oxygens (including phenoxy) is 1. The molecule has 0 amide bonds. The maximum absolute atomic E-state index is 11.1. The van der Waals surface area contributed by atoms with Crippen molar-refractivity contribution in [2.24, 2.45) is 5.16 Å².